The summed E-state index contributed by atoms with van der Waals surface area (Å²) in [6.07, 6.45) is 2.59. The number of furan rings is 1. The van der Waals surface area contributed by atoms with Crippen LogP contribution in [0.1, 0.15) is 35.9 Å². The summed E-state index contributed by atoms with van der Waals surface area (Å²) in [4.78, 5) is 14.1. The van der Waals surface area contributed by atoms with Crippen molar-refractivity contribution in [1.29, 1.82) is 0 Å². The number of methoxy groups -OCH3 is 1. The fourth-order valence-electron chi connectivity index (χ4n) is 3.15. The fourth-order valence-corrected chi connectivity index (χ4v) is 3.75. The third-order valence-electron chi connectivity index (χ3n) is 4.16. The Labute approximate surface area is 138 Å². The molecule has 1 aliphatic heterocycles. The van der Waals surface area contributed by atoms with Crippen LogP contribution in [0.3, 0.4) is 0 Å². The van der Waals surface area contributed by atoms with E-state index in [0.717, 1.165) is 35.4 Å². The van der Waals surface area contributed by atoms with E-state index in [1.54, 1.807) is 6.07 Å². The van der Waals surface area contributed by atoms with E-state index in [-0.39, 0.29) is 5.76 Å². The molecule has 118 valence electrons. The fraction of sp³-hybridized carbons (Fsp3) is 0.471. The summed E-state index contributed by atoms with van der Waals surface area (Å²) in [5.41, 5.74) is 1.92. The minimum absolute atomic E-state index is 0.238. The van der Waals surface area contributed by atoms with E-state index in [4.69, 9.17) is 9.15 Å². The van der Waals surface area contributed by atoms with Crippen LogP contribution in [0.2, 0.25) is 0 Å². The van der Waals surface area contributed by atoms with Crippen LogP contribution in [0.15, 0.2) is 27.1 Å². The number of hydrogen-bond donors (Lipinski definition) is 0. The molecule has 2 heterocycles. The molecule has 0 amide bonds. The molecule has 0 aliphatic carbocycles. The zero-order valence-corrected chi connectivity index (χ0v) is 14.5. The summed E-state index contributed by atoms with van der Waals surface area (Å²) in [6, 6.07) is 5.91. The maximum Gasteiger partial charge on any atom is 0.373 e. The zero-order valence-electron chi connectivity index (χ0n) is 12.9. The van der Waals surface area contributed by atoms with Gasteiger partial charge in [-0.25, -0.2) is 4.79 Å². The number of carbonyl (C=O) groups excluding carboxylic acids is 1. The minimum atomic E-state index is -0.450. The second-order valence-electron chi connectivity index (χ2n) is 6.08. The van der Waals surface area contributed by atoms with Crippen LogP contribution in [0, 0.1) is 5.92 Å². The molecule has 1 saturated heterocycles. The molecule has 3 rings (SSSR count). The second kappa shape index (κ2) is 6.42. The van der Waals surface area contributed by atoms with Gasteiger partial charge in [-0.3, -0.25) is 4.90 Å². The zero-order chi connectivity index (χ0) is 15.7. The first-order chi connectivity index (χ1) is 10.6. The Bertz CT molecular complexity index is 695. The Balaban J connectivity index is 1.86. The van der Waals surface area contributed by atoms with Gasteiger partial charge in [0.1, 0.15) is 5.58 Å². The van der Waals surface area contributed by atoms with Gasteiger partial charge in [0.05, 0.1) is 11.6 Å². The molecule has 0 bridgehead atoms. The summed E-state index contributed by atoms with van der Waals surface area (Å²) in [5, 5.41) is 0.926. The third-order valence-corrected chi connectivity index (χ3v) is 4.75. The number of ether oxygens (including phenoxy) is 1. The highest BCUT2D eigenvalue weighted by atomic mass is 79.9. The molecule has 1 fully saturated rings. The maximum absolute atomic E-state index is 11.6. The highest BCUT2D eigenvalue weighted by molar-refractivity contribution is 9.10. The second-order valence-corrected chi connectivity index (χ2v) is 6.94. The molecule has 1 aliphatic rings. The number of fused-ring (bicyclic) bond motifs is 1. The van der Waals surface area contributed by atoms with Crippen LogP contribution in [0.4, 0.5) is 0 Å². The Morgan fingerprint density at radius 1 is 1.45 bits per heavy atom. The number of esters is 1. The van der Waals surface area contributed by atoms with E-state index in [2.05, 4.69) is 39.9 Å². The van der Waals surface area contributed by atoms with Crippen molar-refractivity contribution < 1.29 is 13.9 Å². The molecule has 0 unspecified atom stereocenters. The van der Waals surface area contributed by atoms with Crippen LogP contribution in [0.5, 0.6) is 0 Å². The molecule has 5 heteroatoms. The monoisotopic (exact) mass is 365 g/mol. The SMILES string of the molecule is COC(=O)c1cc2cc(CN3CCC[C@H](C)C3)cc(Br)c2o1. The van der Waals surface area contributed by atoms with Crippen molar-refractivity contribution in [1.82, 2.24) is 4.90 Å². The average molecular weight is 366 g/mol. The number of benzene rings is 1. The van der Waals surface area contributed by atoms with Gasteiger partial charge in [-0.1, -0.05) is 6.92 Å². The molecule has 0 N–H and O–H groups in total. The lowest BCUT2D eigenvalue weighted by molar-refractivity contribution is 0.0567. The summed E-state index contributed by atoms with van der Waals surface area (Å²) in [7, 11) is 1.35. The van der Waals surface area contributed by atoms with Gasteiger partial charge in [-0.15, -0.1) is 0 Å². The van der Waals surface area contributed by atoms with Gasteiger partial charge in [0, 0.05) is 18.5 Å². The van der Waals surface area contributed by atoms with Crippen molar-refractivity contribution in [3.8, 4) is 0 Å². The highest BCUT2D eigenvalue weighted by Gasteiger charge is 2.18. The molecule has 0 spiro atoms. The molecule has 1 atom stereocenters. The van der Waals surface area contributed by atoms with E-state index in [1.807, 2.05) is 0 Å². The van der Waals surface area contributed by atoms with Crippen LogP contribution in [0.25, 0.3) is 11.0 Å². The van der Waals surface area contributed by atoms with Crippen molar-refractivity contribution in [3.63, 3.8) is 0 Å². The van der Waals surface area contributed by atoms with E-state index in [1.165, 1.54) is 25.5 Å². The van der Waals surface area contributed by atoms with E-state index in [9.17, 15) is 4.79 Å². The Morgan fingerprint density at radius 2 is 2.27 bits per heavy atom. The predicted molar refractivity (Wildman–Crippen MR) is 88.9 cm³/mol. The Hall–Kier alpha value is -1.33. The molecular formula is C17H20BrNO3. The smallest absolute Gasteiger partial charge is 0.373 e. The number of hydrogen-bond acceptors (Lipinski definition) is 4. The first-order valence-electron chi connectivity index (χ1n) is 7.59. The first-order valence-corrected chi connectivity index (χ1v) is 8.38. The van der Waals surface area contributed by atoms with Crippen molar-refractivity contribution in [2.75, 3.05) is 20.2 Å². The normalized spacial score (nSPS) is 19.5. The van der Waals surface area contributed by atoms with Gasteiger partial charge in [0.25, 0.3) is 0 Å². The lowest BCUT2D eigenvalue weighted by Gasteiger charge is -2.30. The molecule has 0 radical (unpaired) electrons. The minimum Gasteiger partial charge on any atom is -0.463 e. The lowest BCUT2D eigenvalue weighted by atomic mass is 9.99. The number of nitrogens with zero attached hydrogens (tertiary/aromatic N) is 1. The topological polar surface area (TPSA) is 42.7 Å². The Kier molecular flexibility index (Phi) is 4.54. The van der Waals surface area contributed by atoms with Crippen LogP contribution < -0.4 is 0 Å². The maximum atomic E-state index is 11.6. The summed E-state index contributed by atoms with van der Waals surface area (Å²) >= 11 is 3.54. The number of likely N-dealkylation sites (tertiary alicyclic amines) is 1. The van der Waals surface area contributed by atoms with E-state index < -0.39 is 5.97 Å². The quantitative estimate of drug-likeness (QED) is 0.763. The summed E-state index contributed by atoms with van der Waals surface area (Å²) < 4.78 is 11.2. The van der Waals surface area contributed by atoms with Crippen LogP contribution >= 0.6 is 15.9 Å². The highest BCUT2D eigenvalue weighted by Crippen LogP contribution is 2.30. The molecule has 2 aromatic rings. The predicted octanol–water partition coefficient (Wildman–Crippen LogP) is 4.21. The van der Waals surface area contributed by atoms with E-state index >= 15 is 0 Å². The van der Waals surface area contributed by atoms with Gasteiger partial charge in [0.2, 0.25) is 5.76 Å². The lowest BCUT2D eigenvalue weighted by Crippen LogP contribution is -2.33. The van der Waals surface area contributed by atoms with E-state index in [0.29, 0.717) is 5.58 Å². The van der Waals surface area contributed by atoms with Crippen molar-refractivity contribution in [3.05, 3.63) is 34.0 Å². The summed E-state index contributed by atoms with van der Waals surface area (Å²) in [6.45, 7) is 5.54. The Morgan fingerprint density at radius 3 is 3.00 bits per heavy atom. The number of carbonyl (C=O) groups is 1. The van der Waals surface area contributed by atoms with Crippen molar-refractivity contribution >= 4 is 32.9 Å². The molecule has 1 aromatic carbocycles. The standard InChI is InChI=1S/C17H20BrNO3/c1-11-4-3-5-19(9-11)10-12-6-13-8-15(17(20)21-2)22-16(13)14(18)7-12/h6-8,11H,3-5,9-10H2,1-2H3/t11-/m0/s1. The number of halogens is 1. The molecular weight excluding hydrogens is 346 g/mol. The summed E-state index contributed by atoms with van der Waals surface area (Å²) in [5.74, 6) is 0.553. The van der Waals surface area contributed by atoms with Gasteiger partial charge < -0.3 is 9.15 Å². The number of rotatable bonds is 3. The molecule has 1 aromatic heterocycles. The van der Waals surface area contributed by atoms with Gasteiger partial charge in [-0.2, -0.15) is 0 Å². The number of piperidine rings is 1. The van der Waals surface area contributed by atoms with Crippen LogP contribution in [-0.2, 0) is 11.3 Å². The van der Waals surface area contributed by atoms with Crippen molar-refractivity contribution in [2.24, 2.45) is 5.92 Å². The van der Waals surface area contributed by atoms with Gasteiger partial charge in [-0.05, 0) is 65.0 Å². The first kappa shape index (κ1) is 15.6. The molecule has 22 heavy (non-hydrogen) atoms. The third kappa shape index (κ3) is 3.20. The van der Waals surface area contributed by atoms with Crippen molar-refractivity contribution in [2.45, 2.75) is 26.3 Å². The van der Waals surface area contributed by atoms with Gasteiger partial charge in [0.15, 0.2) is 0 Å². The average Bonchev–Trinajstić information content (AvgIpc) is 2.91. The van der Waals surface area contributed by atoms with Gasteiger partial charge >= 0.3 is 5.97 Å². The molecule has 4 nitrogen and oxygen atoms in total. The van der Waals surface area contributed by atoms with Crippen LogP contribution in [-0.4, -0.2) is 31.1 Å². The molecule has 0 saturated carbocycles. The largest absolute Gasteiger partial charge is 0.463 e.